The molecule has 1 aliphatic heterocycles. The van der Waals surface area contributed by atoms with Gasteiger partial charge in [-0.3, -0.25) is 0 Å². The Morgan fingerprint density at radius 2 is 2.42 bits per heavy atom. The minimum absolute atomic E-state index is 0.219. The predicted molar refractivity (Wildman–Crippen MR) is 67.3 cm³/mol. The van der Waals surface area contributed by atoms with E-state index in [-0.39, 0.29) is 6.54 Å². The smallest absolute Gasteiger partial charge is 0.334 e. The number of anilines is 1. The number of methoxy groups -OCH3 is 1. The lowest BCUT2D eigenvalue weighted by atomic mass is 10.1. The number of morpholine rings is 1. The molecule has 0 spiro atoms. The number of benzene rings is 1. The molecule has 1 aromatic rings. The lowest BCUT2D eigenvalue weighted by molar-refractivity contribution is -0.150. The fourth-order valence-electron chi connectivity index (χ4n) is 2.01. The summed E-state index contributed by atoms with van der Waals surface area (Å²) in [5, 5.41) is 18.1. The second-order valence-electron chi connectivity index (χ2n) is 4.14. The Morgan fingerprint density at radius 3 is 3.05 bits per heavy atom. The fourth-order valence-corrected chi connectivity index (χ4v) is 2.01. The van der Waals surface area contributed by atoms with E-state index in [1.54, 1.807) is 25.3 Å². The maximum Gasteiger partial charge on any atom is 0.334 e. The van der Waals surface area contributed by atoms with E-state index in [9.17, 15) is 4.79 Å². The van der Waals surface area contributed by atoms with E-state index in [2.05, 4.69) is 6.07 Å². The zero-order chi connectivity index (χ0) is 13.8. The highest BCUT2D eigenvalue weighted by Gasteiger charge is 2.27. The van der Waals surface area contributed by atoms with E-state index in [1.165, 1.54) is 0 Å². The molecule has 0 saturated carbocycles. The van der Waals surface area contributed by atoms with E-state index in [0.717, 1.165) is 0 Å². The van der Waals surface area contributed by atoms with Crippen LogP contribution in [0.5, 0.6) is 5.75 Å². The van der Waals surface area contributed by atoms with Crippen LogP contribution >= 0.6 is 0 Å². The lowest BCUT2D eigenvalue weighted by Gasteiger charge is -2.33. The molecule has 0 radical (unpaired) electrons. The first-order valence-corrected chi connectivity index (χ1v) is 5.83. The van der Waals surface area contributed by atoms with Gasteiger partial charge in [0.15, 0.2) is 6.10 Å². The molecule has 0 aliphatic carbocycles. The van der Waals surface area contributed by atoms with Crippen LogP contribution in [0.25, 0.3) is 0 Å². The molecule has 2 rings (SSSR count). The largest absolute Gasteiger partial charge is 0.497 e. The first-order valence-electron chi connectivity index (χ1n) is 5.83. The third-order valence-electron chi connectivity index (χ3n) is 3.01. The van der Waals surface area contributed by atoms with E-state index < -0.39 is 12.1 Å². The summed E-state index contributed by atoms with van der Waals surface area (Å²) in [7, 11) is 1.55. The molecule has 6 heteroatoms. The maximum atomic E-state index is 11.0. The molecule has 1 atom stereocenters. The number of ether oxygens (including phenoxy) is 2. The SMILES string of the molecule is COc1ccc(C#N)c(N2CCOC(C(=O)O)C2)c1. The van der Waals surface area contributed by atoms with Gasteiger partial charge in [0, 0.05) is 12.6 Å². The summed E-state index contributed by atoms with van der Waals surface area (Å²) in [6.45, 7) is 1.09. The van der Waals surface area contributed by atoms with Crippen LogP contribution in [0.4, 0.5) is 5.69 Å². The van der Waals surface area contributed by atoms with Crippen molar-refractivity contribution in [3.8, 4) is 11.8 Å². The van der Waals surface area contributed by atoms with Gasteiger partial charge in [0.05, 0.1) is 31.5 Å². The molecule has 1 N–H and O–H groups in total. The topological polar surface area (TPSA) is 82.8 Å². The standard InChI is InChI=1S/C13H14N2O4/c1-18-10-3-2-9(7-14)11(6-10)15-4-5-19-12(8-15)13(16)17/h2-3,6,12H,4-5,8H2,1H3,(H,16,17). The number of rotatable bonds is 3. The average Bonchev–Trinajstić information content (AvgIpc) is 2.46. The Labute approximate surface area is 110 Å². The van der Waals surface area contributed by atoms with Crippen molar-refractivity contribution in [1.29, 1.82) is 5.26 Å². The summed E-state index contributed by atoms with van der Waals surface area (Å²) < 4.78 is 10.3. The maximum absolute atomic E-state index is 11.0. The van der Waals surface area contributed by atoms with Gasteiger partial charge in [-0.1, -0.05) is 0 Å². The minimum atomic E-state index is -0.994. The molecule has 1 aliphatic rings. The van der Waals surface area contributed by atoms with Crippen molar-refractivity contribution in [3.63, 3.8) is 0 Å². The van der Waals surface area contributed by atoms with Crippen molar-refractivity contribution in [2.75, 3.05) is 31.7 Å². The van der Waals surface area contributed by atoms with Crippen molar-refractivity contribution < 1.29 is 19.4 Å². The molecular weight excluding hydrogens is 248 g/mol. The molecule has 6 nitrogen and oxygen atoms in total. The van der Waals surface area contributed by atoms with Crippen LogP contribution in [0.15, 0.2) is 18.2 Å². The number of aliphatic carboxylic acids is 1. The van der Waals surface area contributed by atoms with Crippen LogP contribution in [0.3, 0.4) is 0 Å². The Bertz CT molecular complexity index is 524. The molecule has 0 amide bonds. The van der Waals surface area contributed by atoms with Gasteiger partial charge in [0.1, 0.15) is 11.8 Å². The zero-order valence-electron chi connectivity index (χ0n) is 10.5. The first kappa shape index (κ1) is 13.2. The van der Waals surface area contributed by atoms with Crippen LogP contribution in [-0.4, -0.2) is 44.0 Å². The summed E-state index contributed by atoms with van der Waals surface area (Å²) in [5.74, 6) is -0.363. The van der Waals surface area contributed by atoms with Gasteiger partial charge in [-0.2, -0.15) is 5.26 Å². The Hall–Kier alpha value is -2.26. The number of hydrogen-bond donors (Lipinski definition) is 1. The van der Waals surface area contributed by atoms with Crippen molar-refractivity contribution in [2.24, 2.45) is 0 Å². The summed E-state index contributed by atoms with van der Waals surface area (Å²) >= 11 is 0. The lowest BCUT2D eigenvalue weighted by Crippen LogP contribution is -2.46. The Kier molecular flexibility index (Phi) is 3.88. The zero-order valence-corrected chi connectivity index (χ0v) is 10.5. The van der Waals surface area contributed by atoms with Crippen molar-refractivity contribution in [2.45, 2.75) is 6.10 Å². The molecule has 0 aromatic heterocycles. The van der Waals surface area contributed by atoms with Gasteiger partial charge in [-0.15, -0.1) is 0 Å². The van der Waals surface area contributed by atoms with Crippen molar-refractivity contribution in [1.82, 2.24) is 0 Å². The van der Waals surface area contributed by atoms with Gasteiger partial charge in [-0.25, -0.2) is 4.79 Å². The average molecular weight is 262 g/mol. The molecule has 1 saturated heterocycles. The van der Waals surface area contributed by atoms with Crippen LogP contribution in [0, 0.1) is 11.3 Å². The summed E-state index contributed by atoms with van der Waals surface area (Å²) in [6, 6.07) is 7.21. The van der Waals surface area contributed by atoms with Crippen LogP contribution in [-0.2, 0) is 9.53 Å². The monoisotopic (exact) mass is 262 g/mol. The molecule has 1 aromatic carbocycles. The molecule has 1 fully saturated rings. The second kappa shape index (κ2) is 5.59. The third kappa shape index (κ3) is 2.77. The molecule has 1 unspecified atom stereocenters. The molecule has 1 heterocycles. The summed E-state index contributed by atoms with van der Waals surface area (Å²) in [6.07, 6.45) is -0.869. The Morgan fingerprint density at radius 1 is 1.63 bits per heavy atom. The second-order valence-corrected chi connectivity index (χ2v) is 4.14. The summed E-state index contributed by atoms with van der Waals surface area (Å²) in [4.78, 5) is 12.8. The van der Waals surface area contributed by atoms with Crippen molar-refractivity contribution in [3.05, 3.63) is 23.8 Å². The number of carboxylic acid groups (broad SMARTS) is 1. The van der Waals surface area contributed by atoms with Gasteiger partial charge >= 0.3 is 5.97 Å². The highest BCUT2D eigenvalue weighted by atomic mass is 16.5. The van der Waals surface area contributed by atoms with Gasteiger partial charge in [-0.05, 0) is 12.1 Å². The number of nitrogens with zero attached hydrogens (tertiary/aromatic N) is 2. The normalized spacial score (nSPS) is 18.7. The fraction of sp³-hybridized carbons (Fsp3) is 0.385. The molecule has 19 heavy (non-hydrogen) atoms. The first-order chi connectivity index (χ1) is 9.15. The van der Waals surface area contributed by atoms with E-state index in [0.29, 0.717) is 30.2 Å². The number of hydrogen-bond acceptors (Lipinski definition) is 5. The van der Waals surface area contributed by atoms with Gasteiger partial charge < -0.3 is 19.5 Å². The molecule has 0 bridgehead atoms. The van der Waals surface area contributed by atoms with E-state index in [1.807, 2.05) is 4.90 Å². The van der Waals surface area contributed by atoms with Crippen LogP contribution in [0.1, 0.15) is 5.56 Å². The van der Waals surface area contributed by atoms with Gasteiger partial charge in [0.25, 0.3) is 0 Å². The highest BCUT2D eigenvalue weighted by Crippen LogP contribution is 2.27. The number of nitriles is 1. The van der Waals surface area contributed by atoms with Crippen LogP contribution < -0.4 is 9.64 Å². The number of carbonyl (C=O) groups is 1. The van der Waals surface area contributed by atoms with E-state index >= 15 is 0 Å². The quantitative estimate of drug-likeness (QED) is 0.869. The Balaban J connectivity index is 2.29. The minimum Gasteiger partial charge on any atom is -0.497 e. The van der Waals surface area contributed by atoms with Gasteiger partial charge in [0.2, 0.25) is 0 Å². The highest BCUT2D eigenvalue weighted by molar-refractivity contribution is 5.74. The number of carboxylic acids is 1. The van der Waals surface area contributed by atoms with Crippen LogP contribution in [0.2, 0.25) is 0 Å². The summed E-state index contributed by atoms with van der Waals surface area (Å²) in [5.41, 5.74) is 1.17. The van der Waals surface area contributed by atoms with Crippen molar-refractivity contribution >= 4 is 11.7 Å². The molecular formula is C13H14N2O4. The predicted octanol–water partition coefficient (Wildman–Crippen LogP) is 0.857. The third-order valence-corrected chi connectivity index (χ3v) is 3.01. The molecule has 100 valence electrons. The van der Waals surface area contributed by atoms with E-state index in [4.69, 9.17) is 19.8 Å².